The van der Waals surface area contributed by atoms with E-state index >= 15 is 0 Å². The lowest BCUT2D eigenvalue weighted by Crippen LogP contribution is -2.44. The topological polar surface area (TPSA) is 15.3 Å². The molecular formula is C13H28N2. The Balaban J connectivity index is 2.29. The summed E-state index contributed by atoms with van der Waals surface area (Å²) in [7, 11) is 0. The third kappa shape index (κ3) is 4.52. The van der Waals surface area contributed by atoms with E-state index in [-0.39, 0.29) is 0 Å². The smallest absolute Gasteiger partial charge is 0.0192 e. The van der Waals surface area contributed by atoms with Crippen molar-refractivity contribution in [3.05, 3.63) is 0 Å². The first-order chi connectivity index (χ1) is 7.30. The zero-order chi connectivity index (χ0) is 11.1. The van der Waals surface area contributed by atoms with Crippen LogP contribution in [-0.2, 0) is 0 Å². The molecule has 1 rings (SSSR count). The molecule has 2 heteroatoms. The van der Waals surface area contributed by atoms with E-state index in [0.717, 1.165) is 12.5 Å². The standard InChI is InChI=1S/C13H28N2/c1-4-12-8-7-9-15(10-12)11-13(5-2)14-6-3/h12-14H,4-11H2,1-3H3. The van der Waals surface area contributed by atoms with Gasteiger partial charge >= 0.3 is 0 Å². The molecule has 1 heterocycles. The summed E-state index contributed by atoms with van der Waals surface area (Å²) in [6, 6.07) is 0.700. The molecule has 2 unspecified atom stereocenters. The van der Waals surface area contributed by atoms with Crippen LogP contribution in [0.1, 0.15) is 46.5 Å². The van der Waals surface area contributed by atoms with Gasteiger partial charge in [0.15, 0.2) is 0 Å². The van der Waals surface area contributed by atoms with E-state index in [1.165, 1.54) is 45.3 Å². The summed E-state index contributed by atoms with van der Waals surface area (Å²) < 4.78 is 0. The van der Waals surface area contributed by atoms with Crippen LogP contribution in [0.5, 0.6) is 0 Å². The van der Waals surface area contributed by atoms with Gasteiger partial charge in [0.2, 0.25) is 0 Å². The molecule has 0 spiro atoms. The Morgan fingerprint density at radius 2 is 2.13 bits per heavy atom. The maximum atomic E-state index is 3.57. The van der Waals surface area contributed by atoms with Crippen molar-refractivity contribution in [3.63, 3.8) is 0 Å². The van der Waals surface area contributed by atoms with Gasteiger partial charge in [0.25, 0.3) is 0 Å². The highest BCUT2D eigenvalue weighted by Crippen LogP contribution is 2.19. The molecule has 2 atom stereocenters. The van der Waals surface area contributed by atoms with Crippen molar-refractivity contribution < 1.29 is 0 Å². The molecule has 1 aliphatic rings. The molecule has 0 bridgehead atoms. The first-order valence-electron chi connectivity index (χ1n) is 6.75. The number of hydrogen-bond donors (Lipinski definition) is 1. The van der Waals surface area contributed by atoms with E-state index in [1.807, 2.05) is 0 Å². The second-order valence-electron chi connectivity index (χ2n) is 4.84. The predicted octanol–water partition coefficient (Wildman–Crippen LogP) is 2.50. The van der Waals surface area contributed by atoms with Gasteiger partial charge in [-0.15, -0.1) is 0 Å². The number of piperidine rings is 1. The van der Waals surface area contributed by atoms with Gasteiger partial charge in [-0.05, 0) is 38.3 Å². The lowest BCUT2D eigenvalue weighted by atomic mass is 9.95. The summed E-state index contributed by atoms with van der Waals surface area (Å²) in [5, 5.41) is 3.57. The Morgan fingerprint density at radius 3 is 2.73 bits per heavy atom. The molecule has 15 heavy (non-hydrogen) atoms. The fourth-order valence-corrected chi connectivity index (χ4v) is 2.59. The van der Waals surface area contributed by atoms with Crippen LogP contribution in [0.25, 0.3) is 0 Å². The van der Waals surface area contributed by atoms with Gasteiger partial charge in [0.1, 0.15) is 0 Å². The zero-order valence-electron chi connectivity index (χ0n) is 10.8. The maximum Gasteiger partial charge on any atom is 0.0192 e. The van der Waals surface area contributed by atoms with Crippen LogP contribution in [0.15, 0.2) is 0 Å². The molecule has 1 fully saturated rings. The Bertz CT molecular complexity index is 159. The first-order valence-corrected chi connectivity index (χ1v) is 6.75. The molecule has 0 aromatic heterocycles. The molecule has 2 nitrogen and oxygen atoms in total. The second kappa shape index (κ2) is 7.24. The second-order valence-corrected chi connectivity index (χ2v) is 4.84. The van der Waals surface area contributed by atoms with E-state index in [4.69, 9.17) is 0 Å². The molecule has 0 radical (unpaired) electrons. The number of hydrogen-bond acceptors (Lipinski definition) is 2. The average molecular weight is 212 g/mol. The van der Waals surface area contributed by atoms with Gasteiger partial charge in [-0.1, -0.05) is 27.2 Å². The van der Waals surface area contributed by atoms with Crippen LogP contribution >= 0.6 is 0 Å². The summed E-state index contributed by atoms with van der Waals surface area (Å²) in [5.74, 6) is 0.956. The van der Waals surface area contributed by atoms with Gasteiger partial charge in [0.05, 0.1) is 0 Å². The number of rotatable bonds is 6. The fraction of sp³-hybridized carbons (Fsp3) is 1.00. The summed E-state index contributed by atoms with van der Waals surface area (Å²) in [6.45, 7) is 11.8. The van der Waals surface area contributed by atoms with Gasteiger partial charge in [0, 0.05) is 19.1 Å². The van der Waals surface area contributed by atoms with Crippen LogP contribution in [-0.4, -0.2) is 37.1 Å². The third-order valence-corrected chi connectivity index (χ3v) is 3.64. The van der Waals surface area contributed by atoms with Crippen molar-refractivity contribution in [2.45, 2.75) is 52.5 Å². The van der Waals surface area contributed by atoms with Crippen LogP contribution < -0.4 is 5.32 Å². The van der Waals surface area contributed by atoms with E-state index in [0.29, 0.717) is 6.04 Å². The summed E-state index contributed by atoms with van der Waals surface area (Å²) in [4.78, 5) is 2.66. The van der Waals surface area contributed by atoms with Gasteiger partial charge in [-0.2, -0.15) is 0 Å². The number of nitrogens with one attached hydrogen (secondary N) is 1. The van der Waals surface area contributed by atoms with Gasteiger partial charge in [-0.3, -0.25) is 0 Å². The van der Waals surface area contributed by atoms with E-state index in [2.05, 4.69) is 31.0 Å². The fourth-order valence-electron chi connectivity index (χ4n) is 2.59. The highest BCUT2D eigenvalue weighted by atomic mass is 15.2. The first kappa shape index (κ1) is 13.0. The van der Waals surface area contributed by atoms with Crippen LogP contribution in [0.3, 0.4) is 0 Å². The maximum absolute atomic E-state index is 3.57. The van der Waals surface area contributed by atoms with E-state index < -0.39 is 0 Å². The molecule has 1 N–H and O–H groups in total. The highest BCUT2D eigenvalue weighted by molar-refractivity contribution is 4.76. The van der Waals surface area contributed by atoms with Crippen LogP contribution in [0.4, 0.5) is 0 Å². The van der Waals surface area contributed by atoms with Crippen molar-refractivity contribution in [2.75, 3.05) is 26.2 Å². The number of likely N-dealkylation sites (tertiary alicyclic amines) is 1. The molecule has 0 aliphatic carbocycles. The van der Waals surface area contributed by atoms with E-state index in [1.54, 1.807) is 0 Å². The van der Waals surface area contributed by atoms with Crippen molar-refractivity contribution in [2.24, 2.45) is 5.92 Å². The van der Waals surface area contributed by atoms with Crippen molar-refractivity contribution in [3.8, 4) is 0 Å². The molecule has 1 saturated heterocycles. The summed E-state index contributed by atoms with van der Waals surface area (Å²) >= 11 is 0. The minimum Gasteiger partial charge on any atom is -0.313 e. The lowest BCUT2D eigenvalue weighted by Gasteiger charge is -2.34. The van der Waals surface area contributed by atoms with Crippen LogP contribution in [0.2, 0.25) is 0 Å². The molecule has 0 saturated carbocycles. The Labute approximate surface area is 95.4 Å². The normalized spacial score (nSPS) is 25.4. The highest BCUT2D eigenvalue weighted by Gasteiger charge is 2.20. The molecule has 90 valence electrons. The zero-order valence-corrected chi connectivity index (χ0v) is 10.8. The number of likely N-dealkylation sites (N-methyl/N-ethyl adjacent to an activating group) is 1. The quantitative estimate of drug-likeness (QED) is 0.728. The average Bonchev–Trinajstić information content (AvgIpc) is 2.29. The van der Waals surface area contributed by atoms with Crippen molar-refractivity contribution in [1.82, 2.24) is 10.2 Å². The van der Waals surface area contributed by atoms with Gasteiger partial charge < -0.3 is 10.2 Å². The lowest BCUT2D eigenvalue weighted by molar-refractivity contribution is 0.155. The Morgan fingerprint density at radius 1 is 1.33 bits per heavy atom. The molecule has 0 amide bonds. The molecule has 0 aromatic rings. The van der Waals surface area contributed by atoms with Crippen molar-refractivity contribution in [1.29, 1.82) is 0 Å². The van der Waals surface area contributed by atoms with E-state index in [9.17, 15) is 0 Å². The Kier molecular flexibility index (Phi) is 6.26. The summed E-state index contributed by atoms with van der Waals surface area (Å²) in [5.41, 5.74) is 0. The van der Waals surface area contributed by atoms with Crippen molar-refractivity contribution >= 4 is 0 Å². The predicted molar refractivity (Wildman–Crippen MR) is 67.2 cm³/mol. The SMILES string of the molecule is CCNC(CC)CN1CCCC(CC)C1. The number of nitrogens with zero attached hydrogens (tertiary/aromatic N) is 1. The minimum absolute atomic E-state index is 0.700. The monoisotopic (exact) mass is 212 g/mol. The molecular weight excluding hydrogens is 184 g/mol. The molecule has 1 aliphatic heterocycles. The van der Waals surface area contributed by atoms with Gasteiger partial charge in [-0.25, -0.2) is 0 Å². The Hall–Kier alpha value is -0.0800. The third-order valence-electron chi connectivity index (χ3n) is 3.64. The molecule has 0 aromatic carbocycles. The minimum atomic E-state index is 0.700. The largest absolute Gasteiger partial charge is 0.313 e. The van der Waals surface area contributed by atoms with Crippen LogP contribution in [0, 0.1) is 5.92 Å². The summed E-state index contributed by atoms with van der Waals surface area (Å²) in [6.07, 6.45) is 5.46.